The second kappa shape index (κ2) is 5.41. The summed E-state index contributed by atoms with van der Waals surface area (Å²) in [7, 11) is 0. The van der Waals surface area contributed by atoms with Crippen LogP contribution in [0.4, 0.5) is 0 Å². The van der Waals surface area contributed by atoms with Gasteiger partial charge >= 0.3 is 0 Å². The number of aromatic nitrogens is 1. The molecule has 0 radical (unpaired) electrons. The number of nitrogens with zero attached hydrogens (tertiary/aromatic N) is 2. The Morgan fingerprint density at radius 3 is 2.94 bits per heavy atom. The SMILES string of the molecule is CC1CNCCN(C(C)c2ccncc2)C1. The molecule has 0 bridgehead atoms. The lowest BCUT2D eigenvalue weighted by atomic mass is 10.1. The summed E-state index contributed by atoms with van der Waals surface area (Å²) < 4.78 is 0. The van der Waals surface area contributed by atoms with Crippen molar-refractivity contribution in [2.45, 2.75) is 19.9 Å². The van der Waals surface area contributed by atoms with E-state index in [1.807, 2.05) is 12.4 Å². The minimum atomic E-state index is 0.491. The van der Waals surface area contributed by atoms with Gasteiger partial charge in [-0.05, 0) is 37.1 Å². The maximum absolute atomic E-state index is 4.08. The molecule has 2 atom stereocenters. The highest BCUT2D eigenvalue weighted by Gasteiger charge is 2.19. The first-order valence-electron chi connectivity index (χ1n) is 6.12. The summed E-state index contributed by atoms with van der Waals surface area (Å²) in [6.07, 6.45) is 3.76. The van der Waals surface area contributed by atoms with Crippen molar-refractivity contribution in [1.82, 2.24) is 15.2 Å². The molecule has 2 unspecified atom stereocenters. The van der Waals surface area contributed by atoms with Gasteiger partial charge in [0.25, 0.3) is 0 Å². The smallest absolute Gasteiger partial charge is 0.0321 e. The van der Waals surface area contributed by atoms with E-state index >= 15 is 0 Å². The third-order valence-corrected chi connectivity index (χ3v) is 3.35. The lowest BCUT2D eigenvalue weighted by Crippen LogP contribution is -2.32. The van der Waals surface area contributed by atoms with Crippen LogP contribution in [0.1, 0.15) is 25.5 Å². The number of nitrogens with one attached hydrogen (secondary N) is 1. The third kappa shape index (κ3) is 2.80. The number of pyridine rings is 1. The summed E-state index contributed by atoms with van der Waals surface area (Å²) in [6, 6.07) is 4.73. The maximum atomic E-state index is 4.08. The van der Waals surface area contributed by atoms with Crippen molar-refractivity contribution in [3.63, 3.8) is 0 Å². The monoisotopic (exact) mass is 219 g/mol. The van der Waals surface area contributed by atoms with Gasteiger partial charge in [0.1, 0.15) is 0 Å². The zero-order chi connectivity index (χ0) is 11.4. The lowest BCUT2D eigenvalue weighted by molar-refractivity contribution is 0.204. The van der Waals surface area contributed by atoms with Crippen LogP contribution in [-0.2, 0) is 0 Å². The van der Waals surface area contributed by atoms with Crippen molar-refractivity contribution in [2.75, 3.05) is 26.2 Å². The number of hydrogen-bond donors (Lipinski definition) is 1. The fourth-order valence-electron chi connectivity index (χ4n) is 2.33. The zero-order valence-corrected chi connectivity index (χ0v) is 10.2. The Morgan fingerprint density at radius 1 is 1.44 bits per heavy atom. The first-order valence-corrected chi connectivity index (χ1v) is 6.12. The van der Waals surface area contributed by atoms with E-state index in [1.165, 1.54) is 12.1 Å². The van der Waals surface area contributed by atoms with E-state index in [0.29, 0.717) is 6.04 Å². The third-order valence-electron chi connectivity index (χ3n) is 3.35. The molecule has 0 amide bonds. The van der Waals surface area contributed by atoms with E-state index in [0.717, 1.165) is 25.6 Å². The van der Waals surface area contributed by atoms with E-state index in [1.54, 1.807) is 0 Å². The second-order valence-electron chi connectivity index (χ2n) is 4.76. The maximum Gasteiger partial charge on any atom is 0.0321 e. The molecule has 1 aliphatic rings. The van der Waals surface area contributed by atoms with Crippen LogP contribution in [0.5, 0.6) is 0 Å². The van der Waals surface area contributed by atoms with Gasteiger partial charge in [0, 0.05) is 38.1 Å². The summed E-state index contributed by atoms with van der Waals surface area (Å²) in [5, 5.41) is 3.48. The van der Waals surface area contributed by atoms with Crippen LogP contribution in [0, 0.1) is 5.92 Å². The molecule has 3 heteroatoms. The van der Waals surface area contributed by atoms with Gasteiger partial charge in [-0.2, -0.15) is 0 Å². The zero-order valence-electron chi connectivity index (χ0n) is 10.2. The number of hydrogen-bond acceptors (Lipinski definition) is 3. The van der Waals surface area contributed by atoms with Gasteiger partial charge < -0.3 is 5.32 Å². The van der Waals surface area contributed by atoms with E-state index < -0.39 is 0 Å². The molecule has 1 N–H and O–H groups in total. The summed E-state index contributed by atoms with van der Waals surface area (Å²) >= 11 is 0. The first-order chi connectivity index (χ1) is 7.77. The van der Waals surface area contributed by atoms with Crippen molar-refractivity contribution in [3.8, 4) is 0 Å². The topological polar surface area (TPSA) is 28.2 Å². The molecule has 0 spiro atoms. The van der Waals surface area contributed by atoms with E-state index in [2.05, 4.69) is 41.2 Å². The van der Waals surface area contributed by atoms with Gasteiger partial charge in [0.05, 0.1) is 0 Å². The molecular weight excluding hydrogens is 198 g/mol. The van der Waals surface area contributed by atoms with Crippen LogP contribution in [-0.4, -0.2) is 36.1 Å². The van der Waals surface area contributed by atoms with E-state index in [4.69, 9.17) is 0 Å². The van der Waals surface area contributed by atoms with Crippen molar-refractivity contribution >= 4 is 0 Å². The first kappa shape index (κ1) is 11.6. The van der Waals surface area contributed by atoms with Gasteiger partial charge in [-0.3, -0.25) is 9.88 Å². The Balaban J connectivity index is 2.05. The second-order valence-corrected chi connectivity index (χ2v) is 4.76. The Labute approximate surface area is 97.9 Å². The van der Waals surface area contributed by atoms with Crippen LogP contribution in [0.2, 0.25) is 0 Å². The molecule has 3 nitrogen and oxygen atoms in total. The standard InChI is InChI=1S/C13H21N3/c1-11-9-15-7-8-16(10-11)12(2)13-3-5-14-6-4-13/h3-6,11-12,15H,7-10H2,1-2H3. The molecule has 88 valence electrons. The molecule has 1 aromatic heterocycles. The van der Waals surface area contributed by atoms with Gasteiger partial charge in [0.2, 0.25) is 0 Å². The normalized spacial score (nSPS) is 25.0. The predicted octanol–water partition coefficient (Wildman–Crippen LogP) is 1.68. The summed E-state index contributed by atoms with van der Waals surface area (Å²) in [4.78, 5) is 6.63. The van der Waals surface area contributed by atoms with E-state index in [9.17, 15) is 0 Å². The minimum Gasteiger partial charge on any atom is -0.315 e. The highest BCUT2D eigenvalue weighted by atomic mass is 15.2. The highest BCUT2D eigenvalue weighted by molar-refractivity contribution is 5.14. The Hall–Kier alpha value is -0.930. The molecule has 0 aromatic carbocycles. The predicted molar refractivity (Wildman–Crippen MR) is 66.3 cm³/mol. The number of rotatable bonds is 2. The molecule has 0 saturated carbocycles. The van der Waals surface area contributed by atoms with Crippen molar-refractivity contribution in [3.05, 3.63) is 30.1 Å². The van der Waals surface area contributed by atoms with Crippen LogP contribution in [0.25, 0.3) is 0 Å². The molecule has 2 heterocycles. The molecular formula is C13H21N3. The van der Waals surface area contributed by atoms with Gasteiger partial charge in [-0.1, -0.05) is 6.92 Å². The average Bonchev–Trinajstić information content (AvgIpc) is 2.54. The molecule has 2 rings (SSSR count). The molecule has 1 aliphatic heterocycles. The van der Waals surface area contributed by atoms with Gasteiger partial charge in [-0.15, -0.1) is 0 Å². The lowest BCUT2D eigenvalue weighted by Gasteiger charge is -2.29. The average molecular weight is 219 g/mol. The minimum absolute atomic E-state index is 0.491. The van der Waals surface area contributed by atoms with Gasteiger partial charge in [-0.25, -0.2) is 0 Å². The van der Waals surface area contributed by atoms with Crippen LogP contribution in [0.3, 0.4) is 0 Å². The largest absolute Gasteiger partial charge is 0.315 e. The molecule has 0 aliphatic carbocycles. The Kier molecular flexibility index (Phi) is 3.91. The summed E-state index contributed by atoms with van der Waals surface area (Å²) in [6.45, 7) is 9.14. The molecule has 1 saturated heterocycles. The van der Waals surface area contributed by atoms with Crippen LogP contribution in [0.15, 0.2) is 24.5 Å². The van der Waals surface area contributed by atoms with Crippen LogP contribution < -0.4 is 5.32 Å². The summed E-state index contributed by atoms with van der Waals surface area (Å²) in [5.74, 6) is 0.729. The fourth-order valence-corrected chi connectivity index (χ4v) is 2.33. The molecule has 1 aromatic rings. The van der Waals surface area contributed by atoms with Crippen molar-refractivity contribution in [2.24, 2.45) is 5.92 Å². The molecule has 1 fully saturated rings. The fraction of sp³-hybridized carbons (Fsp3) is 0.615. The van der Waals surface area contributed by atoms with Crippen molar-refractivity contribution < 1.29 is 0 Å². The van der Waals surface area contributed by atoms with E-state index in [-0.39, 0.29) is 0 Å². The summed E-state index contributed by atoms with van der Waals surface area (Å²) in [5.41, 5.74) is 1.36. The Morgan fingerprint density at radius 2 is 2.19 bits per heavy atom. The quantitative estimate of drug-likeness (QED) is 0.820. The Bertz CT molecular complexity index is 312. The molecule has 16 heavy (non-hydrogen) atoms. The van der Waals surface area contributed by atoms with Gasteiger partial charge in [0.15, 0.2) is 0 Å². The highest BCUT2D eigenvalue weighted by Crippen LogP contribution is 2.20. The van der Waals surface area contributed by atoms with Crippen molar-refractivity contribution in [1.29, 1.82) is 0 Å². The van der Waals surface area contributed by atoms with Crippen LogP contribution >= 0.6 is 0 Å².